The number of anilines is 1. The average molecular weight is 369 g/mol. The van der Waals surface area contributed by atoms with Gasteiger partial charge in [0.1, 0.15) is 5.75 Å². The number of carbonyl (C=O) groups is 1. The summed E-state index contributed by atoms with van der Waals surface area (Å²) >= 11 is 6.00. The highest BCUT2D eigenvalue weighted by molar-refractivity contribution is 7.92. The maximum absolute atomic E-state index is 12.7. The van der Waals surface area contributed by atoms with Gasteiger partial charge in [-0.25, -0.2) is 8.42 Å². The van der Waals surface area contributed by atoms with E-state index < -0.39 is 15.9 Å². The van der Waals surface area contributed by atoms with Gasteiger partial charge in [0.25, 0.3) is 15.9 Å². The van der Waals surface area contributed by atoms with E-state index in [-0.39, 0.29) is 15.5 Å². The molecule has 0 fully saturated rings. The van der Waals surface area contributed by atoms with Gasteiger partial charge >= 0.3 is 0 Å². The molecule has 1 amide bonds. The number of amides is 1. The third kappa shape index (κ3) is 3.47. The Hall–Kier alpha value is -2.25. The molecule has 1 N–H and O–H groups in total. The smallest absolute Gasteiger partial charge is 0.264 e. The van der Waals surface area contributed by atoms with Gasteiger partial charge in [-0.3, -0.25) is 9.10 Å². The zero-order valence-electron chi connectivity index (χ0n) is 13.4. The molecule has 0 aromatic heterocycles. The third-order valence-electron chi connectivity index (χ3n) is 3.50. The van der Waals surface area contributed by atoms with Gasteiger partial charge in [-0.2, -0.15) is 0 Å². The summed E-state index contributed by atoms with van der Waals surface area (Å²) < 4.78 is 31.6. The van der Waals surface area contributed by atoms with Gasteiger partial charge in [0.05, 0.1) is 28.3 Å². The van der Waals surface area contributed by atoms with Crippen LogP contribution in [0.5, 0.6) is 5.75 Å². The Balaban J connectivity index is 2.42. The van der Waals surface area contributed by atoms with E-state index >= 15 is 0 Å². The van der Waals surface area contributed by atoms with Gasteiger partial charge in [-0.15, -0.1) is 0 Å². The van der Waals surface area contributed by atoms with Crippen LogP contribution in [0.1, 0.15) is 10.4 Å². The molecule has 24 heavy (non-hydrogen) atoms. The Morgan fingerprint density at radius 3 is 2.33 bits per heavy atom. The topological polar surface area (TPSA) is 75.7 Å². The number of rotatable bonds is 5. The van der Waals surface area contributed by atoms with Crippen LogP contribution < -0.4 is 14.4 Å². The van der Waals surface area contributed by atoms with Crippen LogP contribution >= 0.6 is 11.6 Å². The van der Waals surface area contributed by atoms with E-state index in [4.69, 9.17) is 16.3 Å². The highest BCUT2D eigenvalue weighted by atomic mass is 35.5. The van der Waals surface area contributed by atoms with Gasteiger partial charge in [0, 0.05) is 14.1 Å². The number of nitrogens with one attached hydrogen (secondary N) is 1. The quantitative estimate of drug-likeness (QED) is 0.879. The molecular weight excluding hydrogens is 352 g/mol. The van der Waals surface area contributed by atoms with Crippen molar-refractivity contribution in [2.45, 2.75) is 4.90 Å². The number of ether oxygens (including phenoxy) is 1. The van der Waals surface area contributed by atoms with Gasteiger partial charge < -0.3 is 10.1 Å². The molecule has 0 radical (unpaired) electrons. The normalized spacial score (nSPS) is 11.0. The Morgan fingerprint density at radius 2 is 1.79 bits per heavy atom. The molecular formula is C16H17ClN2O4S. The predicted octanol–water partition coefficient (Wildman–Crippen LogP) is 2.53. The Kier molecular flexibility index (Phi) is 5.36. The number of benzene rings is 2. The predicted molar refractivity (Wildman–Crippen MR) is 93.4 cm³/mol. The van der Waals surface area contributed by atoms with Crippen molar-refractivity contribution in [2.75, 3.05) is 25.5 Å². The van der Waals surface area contributed by atoms with Crippen LogP contribution in [0.15, 0.2) is 47.4 Å². The van der Waals surface area contributed by atoms with E-state index in [0.717, 1.165) is 4.31 Å². The maximum Gasteiger partial charge on any atom is 0.264 e. The lowest BCUT2D eigenvalue weighted by molar-refractivity contribution is 0.0963. The molecule has 8 heteroatoms. The number of sulfonamides is 1. The summed E-state index contributed by atoms with van der Waals surface area (Å²) in [5, 5.41) is 2.71. The number of nitrogens with zero attached hydrogens (tertiary/aromatic N) is 1. The molecule has 6 nitrogen and oxygen atoms in total. The van der Waals surface area contributed by atoms with E-state index in [2.05, 4.69) is 5.32 Å². The van der Waals surface area contributed by atoms with Crippen molar-refractivity contribution in [3.05, 3.63) is 53.1 Å². The van der Waals surface area contributed by atoms with E-state index in [1.54, 1.807) is 12.1 Å². The summed E-state index contributed by atoms with van der Waals surface area (Å²) in [6.45, 7) is 0. The van der Waals surface area contributed by atoms with Gasteiger partial charge in [-0.1, -0.05) is 11.6 Å². The van der Waals surface area contributed by atoms with Crippen LogP contribution in [0.4, 0.5) is 5.69 Å². The second-order valence-corrected chi connectivity index (χ2v) is 7.27. The van der Waals surface area contributed by atoms with Gasteiger partial charge in [0.2, 0.25) is 0 Å². The minimum Gasteiger partial charge on any atom is -0.497 e. The molecule has 2 aromatic carbocycles. The zero-order valence-corrected chi connectivity index (χ0v) is 15.0. The Bertz CT molecular complexity index is 851. The molecule has 0 aliphatic rings. The molecule has 2 rings (SSSR count). The van der Waals surface area contributed by atoms with Gasteiger partial charge in [-0.05, 0) is 42.5 Å². The maximum atomic E-state index is 12.7. The van der Waals surface area contributed by atoms with Crippen LogP contribution in [0.3, 0.4) is 0 Å². The van der Waals surface area contributed by atoms with Crippen molar-refractivity contribution < 1.29 is 17.9 Å². The van der Waals surface area contributed by atoms with Crippen molar-refractivity contribution in [1.29, 1.82) is 0 Å². The van der Waals surface area contributed by atoms with Crippen molar-refractivity contribution >= 4 is 33.2 Å². The van der Waals surface area contributed by atoms with Crippen molar-refractivity contribution in [3.63, 3.8) is 0 Å². The van der Waals surface area contributed by atoms with Crippen LogP contribution in [0.2, 0.25) is 5.02 Å². The molecule has 0 aliphatic carbocycles. The van der Waals surface area contributed by atoms with E-state index in [0.29, 0.717) is 11.4 Å². The molecule has 0 atom stereocenters. The molecule has 0 aliphatic heterocycles. The van der Waals surface area contributed by atoms with Crippen molar-refractivity contribution in [2.24, 2.45) is 0 Å². The fourth-order valence-electron chi connectivity index (χ4n) is 2.06. The van der Waals surface area contributed by atoms with E-state index in [1.165, 1.54) is 51.5 Å². The molecule has 0 bridgehead atoms. The first-order valence-corrected chi connectivity index (χ1v) is 8.77. The van der Waals surface area contributed by atoms with Crippen LogP contribution in [-0.4, -0.2) is 35.5 Å². The van der Waals surface area contributed by atoms with E-state index in [1.807, 2.05) is 0 Å². The van der Waals surface area contributed by atoms with Crippen molar-refractivity contribution in [1.82, 2.24) is 5.32 Å². The number of carbonyl (C=O) groups excluding carboxylic acids is 1. The summed E-state index contributed by atoms with van der Waals surface area (Å²) in [4.78, 5) is 11.9. The van der Waals surface area contributed by atoms with Crippen LogP contribution in [0.25, 0.3) is 0 Å². The lowest BCUT2D eigenvalue weighted by Crippen LogP contribution is -2.27. The number of halogens is 1. The highest BCUT2D eigenvalue weighted by Gasteiger charge is 2.22. The summed E-state index contributed by atoms with van der Waals surface area (Å²) in [5.74, 6) is 0.169. The minimum absolute atomic E-state index is 0.113. The lowest BCUT2D eigenvalue weighted by Gasteiger charge is -2.20. The fraction of sp³-hybridized carbons (Fsp3) is 0.188. The minimum atomic E-state index is -3.78. The van der Waals surface area contributed by atoms with Crippen LogP contribution in [0, 0.1) is 0 Å². The fourth-order valence-corrected chi connectivity index (χ4v) is 3.45. The third-order valence-corrected chi connectivity index (χ3v) is 5.63. The second kappa shape index (κ2) is 7.11. The number of hydrogen-bond acceptors (Lipinski definition) is 4. The zero-order chi connectivity index (χ0) is 17.9. The molecule has 0 unspecified atom stereocenters. The molecule has 0 heterocycles. The van der Waals surface area contributed by atoms with Crippen molar-refractivity contribution in [3.8, 4) is 5.75 Å². The second-order valence-electron chi connectivity index (χ2n) is 4.89. The average Bonchev–Trinajstić information content (AvgIpc) is 2.60. The van der Waals surface area contributed by atoms with E-state index in [9.17, 15) is 13.2 Å². The molecule has 2 aromatic rings. The summed E-state index contributed by atoms with van der Waals surface area (Å²) in [7, 11) is 0.616. The molecule has 0 saturated heterocycles. The molecule has 128 valence electrons. The SMILES string of the molecule is CNC(=O)c1cc(N(C)S(=O)(=O)c2ccc(OC)cc2)ccc1Cl. The molecule has 0 spiro atoms. The summed E-state index contributed by atoms with van der Waals surface area (Å²) in [6, 6.07) is 10.5. The Labute approximate surface area is 146 Å². The first kappa shape index (κ1) is 18.1. The first-order chi connectivity index (χ1) is 11.3. The lowest BCUT2D eigenvalue weighted by atomic mass is 10.2. The number of methoxy groups -OCH3 is 1. The summed E-state index contributed by atoms with van der Waals surface area (Å²) in [6.07, 6.45) is 0. The molecule has 0 saturated carbocycles. The summed E-state index contributed by atoms with van der Waals surface area (Å²) in [5.41, 5.74) is 0.530. The highest BCUT2D eigenvalue weighted by Crippen LogP contribution is 2.27. The number of hydrogen-bond donors (Lipinski definition) is 1. The monoisotopic (exact) mass is 368 g/mol. The van der Waals surface area contributed by atoms with Gasteiger partial charge in [0.15, 0.2) is 0 Å². The largest absolute Gasteiger partial charge is 0.497 e. The standard InChI is InChI=1S/C16H17ClN2O4S/c1-18-16(20)14-10-11(4-9-15(14)17)19(2)24(21,22)13-7-5-12(23-3)6-8-13/h4-10H,1-3H3,(H,18,20). The Morgan fingerprint density at radius 1 is 1.17 bits per heavy atom. The van der Waals surface area contributed by atoms with Crippen LogP contribution in [-0.2, 0) is 10.0 Å². The first-order valence-electron chi connectivity index (χ1n) is 6.96.